The van der Waals surface area contributed by atoms with Crippen LogP contribution in [0.1, 0.15) is 17.4 Å². The summed E-state index contributed by atoms with van der Waals surface area (Å²) in [6.07, 6.45) is 3.26. The standard InChI is InChI=1S/C11H10N2O3/c1-2-16-11(15)10(14)8-7-13-6-4-3-5-9(13)12-8/h3-7H,2H2,1H3. The van der Waals surface area contributed by atoms with Gasteiger partial charge in [0.05, 0.1) is 6.61 Å². The predicted molar refractivity (Wildman–Crippen MR) is 56.2 cm³/mol. The Labute approximate surface area is 91.7 Å². The molecule has 0 saturated carbocycles. The van der Waals surface area contributed by atoms with E-state index in [1.807, 2.05) is 6.07 Å². The van der Waals surface area contributed by atoms with E-state index >= 15 is 0 Å². The molecule has 16 heavy (non-hydrogen) atoms. The molecule has 0 aliphatic rings. The first-order valence-electron chi connectivity index (χ1n) is 4.87. The van der Waals surface area contributed by atoms with Gasteiger partial charge in [-0.15, -0.1) is 0 Å². The lowest BCUT2D eigenvalue weighted by molar-refractivity contribution is -0.137. The summed E-state index contributed by atoms with van der Waals surface area (Å²) in [6.45, 7) is 1.83. The van der Waals surface area contributed by atoms with E-state index in [1.54, 1.807) is 29.7 Å². The van der Waals surface area contributed by atoms with Crippen molar-refractivity contribution in [1.82, 2.24) is 9.38 Å². The maximum Gasteiger partial charge on any atom is 0.381 e. The number of nitrogens with zero attached hydrogens (tertiary/aromatic N) is 2. The number of carbonyl (C=O) groups excluding carboxylic acids is 2. The van der Waals surface area contributed by atoms with Crippen molar-refractivity contribution in [3.05, 3.63) is 36.3 Å². The molecule has 0 bridgehead atoms. The SMILES string of the molecule is CCOC(=O)C(=O)c1cn2ccccc2n1. The highest BCUT2D eigenvalue weighted by Gasteiger charge is 2.20. The van der Waals surface area contributed by atoms with Crippen LogP contribution in [0.25, 0.3) is 5.65 Å². The number of imidazole rings is 1. The molecule has 0 N–H and O–H groups in total. The van der Waals surface area contributed by atoms with Gasteiger partial charge in [0.2, 0.25) is 0 Å². The normalized spacial score (nSPS) is 10.3. The predicted octanol–water partition coefficient (Wildman–Crippen LogP) is 1.08. The molecule has 2 heterocycles. The van der Waals surface area contributed by atoms with Crippen molar-refractivity contribution in [1.29, 1.82) is 0 Å². The Kier molecular flexibility index (Phi) is 2.68. The molecule has 82 valence electrons. The van der Waals surface area contributed by atoms with Crippen LogP contribution in [0.5, 0.6) is 0 Å². The highest BCUT2D eigenvalue weighted by molar-refractivity contribution is 6.40. The molecule has 0 saturated heterocycles. The fourth-order valence-corrected chi connectivity index (χ4v) is 1.35. The molecule has 2 aromatic rings. The van der Waals surface area contributed by atoms with Gasteiger partial charge in [0.1, 0.15) is 11.3 Å². The first-order chi connectivity index (χ1) is 7.72. The molecule has 0 aliphatic heterocycles. The van der Waals surface area contributed by atoms with Gasteiger partial charge >= 0.3 is 5.97 Å². The zero-order valence-corrected chi connectivity index (χ0v) is 8.71. The smallest absolute Gasteiger partial charge is 0.381 e. The molecule has 0 fully saturated rings. The largest absolute Gasteiger partial charge is 0.460 e. The van der Waals surface area contributed by atoms with Crippen molar-refractivity contribution < 1.29 is 14.3 Å². The zero-order chi connectivity index (χ0) is 11.5. The highest BCUT2D eigenvalue weighted by atomic mass is 16.5. The second-order valence-corrected chi connectivity index (χ2v) is 3.14. The minimum absolute atomic E-state index is 0.102. The van der Waals surface area contributed by atoms with E-state index < -0.39 is 11.8 Å². The van der Waals surface area contributed by atoms with Gasteiger partial charge in [-0.3, -0.25) is 4.79 Å². The van der Waals surface area contributed by atoms with Crippen molar-refractivity contribution in [3.8, 4) is 0 Å². The summed E-state index contributed by atoms with van der Waals surface area (Å²) in [5, 5.41) is 0. The molecule has 5 heteroatoms. The van der Waals surface area contributed by atoms with Crippen LogP contribution in [0.15, 0.2) is 30.6 Å². The maximum absolute atomic E-state index is 11.6. The number of esters is 1. The van der Waals surface area contributed by atoms with Gasteiger partial charge in [-0.05, 0) is 19.1 Å². The Bertz CT molecular complexity index is 512. The van der Waals surface area contributed by atoms with E-state index in [4.69, 9.17) is 0 Å². The van der Waals surface area contributed by atoms with Crippen LogP contribution in [-0.2, 0) is 9.53 Å². The number of Topliss-reactive ketones (excluding diaryl/α,β-unsaturated/α-hetero) is 1. The highest BCUT2D eigenvalue weighted by Crippen LogP contribution is 2.05. The number of ether oxygens (including phenoxy) is 1. The lowest BCUT2D eigenvalue weighted by Crippen LogP contribution is -2.17. The second kappa shape index (κ2) is 4.14. The van der Waals surface area contributed by atoms with Gasteiger partial charge in [-0.1, -0.05) is 6.07 Å². The monoisotopic (exact) mass is 218 g/mol. The molecule has 5 nitrogen and oxygen atoms in total. The third-order valence-electron chi connectivity index (χ3n) is 2.06. The molecular formula is C11H10N2O3. The van der Waals surface area contributed by atoms with Crippen molar-refractivity contribution >= 4 is 17.4 Å². The van der Waals surface area contributed by atoms with Crippen molar-refractivity contribution in [3.63, 3.8) is 0 Å². The minimum atomic E-state index is -0.870. The number of ketones is 1. The van der Waals surface area contributed by atoms with Crippen LogP contribution in [-0.4, -0.2) is 27.7 Å². The van der Waals surface area contributed by atoms with E-state index in [1.165, 1.54) is 6.20 Å². The Morgan fingerprint density at radius 1 is 1.44 bits per heavy atom. The lowest BCUT2D eigenvalue weighted by atomic mass is 10.3. The third-order valence-corrected chi connectivity index (χ3v) is 2.06. The number of hydrogen-bond acceptors (Lipinski definition) is 4. The van der Waals surface area contributed by atoms with Crippen LogP contribution in [0.2, 0.25) is 0 Å². The van der Waals surface area contributed by atoms with Crippen LogP contribution in [0, 0.1) is 0 Å². The molecule has 0 amide bonds. The van der Waals surface area contributed by atoms with Crippen LogP contribution >= 0.6 is 0 Å². The quantitative estimate of drug-likeness (QED) is 0.439. The maximum atomic E-state index is 11.6. The van der Waals surface area contributed by atoms with E-state index in [-0.39, 0.29) is 12.3 Å². The summed E-state index contributed by atoms with van der Waals surface area (Å²) in [6, 6.07) is 5.37. The average molecular weight is 218 g/mol. The van der Waals surface area contributed by atoms with Gasteiger partial charge < -0.3 is 9.14 Å². The fourth-order valence-electron chi connectivity index (χ4n) is 1.35. The van der Waals surface area contributed by atoms with Crippen LogP contribution < -0.4 is 0 Å². The van der Waals surface area contributed by atoms with Gasteiger partial charge in [0.15, 0.2) is 0 Å². The molecule has 0 radical (unpaired) electrons. The number of aromatic nitrogens is 2. The second-order valence-electron chi connectivity index (χ2n) is 3.14. The molecule has 0 aromatic carbocycles. The fraction of sp³-hybridized carbons (Fsp3) is 0.182. The minimum Gasteiger partial charge on any atom is -0.460 e. The molecule has 0 unspecified atom stereocenters. The summed E-state index contributed by atoms with van der Waals surface area (Å²) in [4.78, 5) is 26.8. The van der Waals surface area contributed by atoms with Crippen molar-refractivity contribution in [2.24, 2.45) is 0 Å². The summed E-state index contributed by atoms with van der Waals surface area (Å²) < 4.78 is 6.29. The Hall–Kier alpha value is -2.17. The summed E-state index contributed by atoms with van der Waals surface area (Å²) >= 11 is 0. The summed E-state index contributed by atoms with van der Waals surface area (Å²) in [5.74, 6) is -1.59. The number of rotatable bonds is 3. The van der Waals surface area contributed by atoms with Gasteiger partial charge in [-0.25, -0.2) is 9.78 Å². The van der Waals surface area contributed by atoms with Crippen LogP contribution in [0.4, 0.5) is 0 Å². The Morgan fingerprint density at radius 2 is 2.25 bits per heavy atom. The van der Waals surface area contributed by atoms with Gasteiger partial charge in [0.25, 0.3) is 5.78 Å². The first-order valence-corrected chi connectivity index (χ1v) is 4.87. The van der Waals surface area contributed by atoms with E-state index in [0.717, 1.165) is 0 Å². The van der Waals surface area contributed by atoms with Crippen molar-refractivity contribution in [2.75, 3.05) is 6.61 Å². The Balaban J connectivity index is 2.33. The van der Waals surface area contributed by atoms with Crippen LogP contribution in [0.3, 0.4) is 0 Å². The summed E-state index contributed by atoms with van der Waals surface area (Å²) in [5.41, 5.74) is 0.722. The number of pyridine rings is 1. The van der Waals surface area contributed by atoms with E-state index in [2.05, 4.69) is 9.72 Å². The topological polar surface area (TPSA) is 60.7 Å². The Morgan fingerprint density at radius 3 is 2.94 bits per heavy atom. The molecule has 2 aromatic heterocycles. The van der Waals surface area contributed by atoms with Gasteiger partial charge in [-0.2, -0.15) is 0 Å². The zero-order valence-electron chi connectivity index (χ0n) is 8.71. The average Bonchev–Trinajstić information content (AvgIpc) is 2.71. The van der Waals surface area contributed by atoms with Gasteiger partial charge in [0, 0.05) is 12.4 Å². The third kappa shape index (κ3) is 1.79. The molecule has 2 rings (SSSR count). The van der Waals surface area contributed by atoms with E-state index in [9.17, 15) is 9.59 Å². The lowest BCUT2D eigenvalue weighted by Gasteiger charge is -1.96. The molecule has 0 atom stereocenters. The molecular weight excluding hydrogens is 208 g/mol. The number of hydrogen-bond donors (Lipinski definition) is 0. The summed E-state index contributed by atoms with van der Waals surface area (Å²) in [7, 11) is 0. The first kappa shape index (κ1) is 10.4. The molecule has 0 aliphatic carbocycles. The van der Waals surface area contributed by atoms with Crippen molar-refractivity contribution in [2.45, 2.75) is 6.92 Å². The van der Waals surface area contributed by atoms with E-state index in [0.29, 0.717) is 5.65 Å². The molecule has 0 spiro atoms. The number of fused-ring (bicyclic) bond motifs is 1. The number of carbonyl (C=O) groups is 2.